The van der Waals surface area contributed by atoms with E-state index >= 15 is 0 Å². The molecule has 116 valence electrons. The van der Waals surface area contributed by atoms with Crippen molar-refractivity contribution in [2.45, 2.75) is 11.3 Å². The lowest BCUT2D eigenvalue weighted by Gasteiger charge is -2.19. The molecule has 1 aliphatic rings. The third kappa shape index (κ3) is 3.18. The summed E-state index contributed by atoms with van der Waals surface area (Å²) >= 11 is 0. The van der Waals surface area contributed by atoms with Crippen molar-refractivity contribution in [1.29, 1.82) is 0 Å². The summed E-state index contributed by atoms with van der Waals surface area (Å²) in [5, 5.41) is 0. The molecule has 0 saturated heterocycles. The lowest BCUT2D eigenvalue weighted by molar-refractivity contribution is 0.505. The Balaban J connectivity index is 1.55. The number of hydrogen-bond acceptors (Lipinski definition) is 2. The van der Waals surface area contributed by atoms with Crippen molar-refractivity contribution in [2.24, 2.45) is 0 Å². The smallest absolute Gasteiger partial charge is 0.160 e. The number of halogens is 2. The van der Waals surface area contributed by atoms with Gasteiger partial charge >= 0.3 is 0 Å². The van der Waals surface area contributed by atoms with Crippen LogP contribution in [0, 0.1) is 11.6 Å². The molecular weight excluding hydrogens is 306 g/mol. The molecule has 0 bridgehead atoms. The van der Waals surface area contributed by atoms with Crippen molar-refractivity contribution >= 4 is 16.7 Å². The lowest BCUT2D eigenvalue weighted by atomic mass is 10.2. The molecule has 1 aliphatic heterocycles. The molecule has 2 aromatic carbocycles. The molecule has 1 heterocycles. The molecule has 2 aromatic rings. The Morgan fingerprint density at radius 2 is 1.95 bits per heavy atom. The molecule has 0 radical (unpaired) electrons. The molecule has 22 heavy (non-hydrogen) atoms. The molecule has 0 saturated carbocycles. The molecule has 0 aromatic heterocycles. The van der Waals surface area contributed by atoms with Crippen molar-refractivity contribution in [1.82, 2.24) is 4.72 Å². The van der Waals surface area contributed by atoms with Gasteiger partial charge < -0.3 is 4.90 Å². The fraction of sp³-hybridized carbons (Fsp3) is 0.250. The average molecular weight is 322 g/mol. The van der Waals surface area contributed by atoms with Crippen molar-refractivity contribution < 1.29 is 13.0 Å². The van der Waals surface area contributed by atoms with Crippen LogP contribution in [-0.2, 0) is 17.4 Å². The van der Waals surface area contributed by atoms with Crippen LogP contribution in [0.3, 0.4) is 0 Å². The van der Waals surface area contributed by atoms with E-state index in [1.54, 1.807) is 0 Å². The van der Waals surface area contributed by atoms with Gasteiger partial charge in [0.25, 0.3) is 0 Å². The highest BCUT2D eigenvalue weighted by Gasteiger charge is 2.17. The van der Waals surface area contributed by atoms with E-state index < -0.39 is 22.6 Å². The summed E-state index contributed by atoms with van der Waals surface area (Å²) in [7, 11) is -1.54. The van der Waals surface area contributed by atoms with Gasteiger partial charge in [-0.25, -0.2) is 17.7 Å². The number of fused-ring (bicyclic) bond motifs is 1. The van der Waals surface area contributed by atoms with Crippen LogP contribution < -0.4 is 9.62 Å². The van der Waals surface area contributed by atoms with E-state index in [0.717, 1.165) is 25.1 Å². The van der Waals surface area contributed by atoms with Crippen LogP contribution >= 0.6 is 0 Å². The van der Waals surface area contributed by atoms with Crippen LogP contribution in [0.4, 0.5) is 14.5 Å². The monoisotopic (exact) mass is 322 g/mol. The molecular formula is C16H16F2N2OS. The first kappa shape index (κ1) is 15.1. The zero-order valence-electron chi connectivity index (χ0n) is 11.9. The summed E-state index contributed by atoms with van der Waals surface area (Å²) in [6, 6.07) is 11.5. The largest absolute Gasteiger partial charge is 0.370 e. The first-order valence-corrected chi connectivity index (χ1v) is 8.23. The maximum absolute atomic E-state index is 13.1. The number of anilines is 1. The van der Waals surface area contributed by atoms with Crippen molar-refractivity contribution in [3.8, 4) is 0 Å². The second-order valence-corrected chi connectivity index (χ2v) is 6.40. The molecule has 0 spiro atoms. The zero-order chi connectivity index (χ0) is 15.5. The molecule has 0 amide bonds. The first-order chi connectivity index (χ1) is 10.6. The van der Waals surface area contributed by atoms with Gasteiger partial charge in [-0.05, 0) is 36.2 Å². The second-order valence-electron chi connectivity index (χ2n) is 5.10. The summed E-state index contributed by atoms with van der Waals surface area (Å²) in [5.41, 5.74) is 2.53. The topological polar surface area (TPSA) is 32.3 Å². The first-order valence-electron chi connectivity index (χ1n) is 7.08. The van der Waals surface area contributed by atoms with Gasteiger partial charge in [0.05, 0.1) is 4.90 Å². The highest BCUT2D eigenvalue weighted by Crippen LogP contribution is 2.26. The Labute approximate surface area is 130 Å². The summed E-state index contributed by atoms with van der Waals surface area (Å²) in [5.74, 6) is -1.92. The highest BCUT2D eigenvalue weighted by molar-refractivity contribution is 7.83. The highest BCUT2D eigenvalue weighted by atomic mass is 32.2. The van der Waals surface area contributed by atoms with E-state index in [2.05, 4.69) is 21.8 Å². The standard InChI is InChI=1S/C16H16F2N2OS/c17-14-6-5-13(11-15(14)18)22(21)19-8-10-20-9-7-12-3-1-2-4-16(12)20/h1-6,11,19H,7-10H2. The number of rotatable bonds is 5. The quantitative estimate of drug-likeness (QED) is 0.918. The van der Waals surface area contributed by atoms with Crippen LogP contribution in [0.15, 0.2) is 47.4 Å². The van der Waals surface area contributed by atoms with Gasteiger partial charge in [-0.3, -0.25) is 0 Å². The average Bonchev–Trinajstić information content (AvgIpc) is 2.93. The van der Waals surface area contributed by atoms with Crippen molar-refractivity contribution in [3.63, 3.8) is 0 Å². The predicted molar refractivity (Wildman–Crippen MR) is 83.1 cm³/mol. The molecule has 3 rings (SSSR count). The van der Waals surface area contributed by atoms with Gasteiger partial charge in [-0.15, -0.1) is 0 Å². The van der Waals surface area contributed by atoms with Gasteiger partial charge in [0.1, 0.15) is 11.0 Å². The Hall–Kier alpha value is -1.79. The Kier molecular flexibility index (Phi) is 4.49. The maximum Gasteiger partial charge on any atom is 0.160 e. The van der Waals surface area contributed by atoms with Gasteiger partial charge in [0.15, 0.2) is 11.6 Å². The summed E-state index contributed by atoms with van der Waals surface area (Å²) < 4.78 is 40.9. The van der Waals surface area contributed by atoms with Gasteiger partial charge in [-0.1, -0.05) is 18.2 Å². The molecule has 0 aliphatic carbocycles. The van der Waals surface area contributed by atoms with Crippen LogP contribution in [0.1, 0.15) is 5.56 Å². The Morgan fingerprint density at radius 1 is 1.14 bits per heavy atom. The Morgan fingerprint density at radius 3 is 2.77 bits per heavy atom. The zero-order valence-corrected chi connectivity index (χ0v) is 12.7. The van der Waals surface area contributed by atoms with Crippen LogP contribution in [0.2, 0.25) is 0 Å². The number of hydrogen-bond donors (Lipinski definition) is 1. The fourth-order valence-corrected chi connectivity index (χ4v) is 3.43. The second kappa shape index (κ2) is 6.54. The Bertz CT molecular complexity index is 708. The number of nitrogens with zero attached hydrogens (tertiary/aromatic N) is 1. The van der Waals surface area contributed by atoms with Crippen LogP contribution in [-0.4, -0.2) is 23.8 Å². The summed E-state index contributed by atoms with van der Waals surface area (Å²) in [6.45, 7) is 2.16. The normalized spacial score (nSPS) is 14.9. The third-order valence-electron chi connectivity index (χ3n) is 3.70. The van der Waals surface area contributed by atoms with E-state index in [4.69, 9.17) is 0 Å². The van der Waals surface area contributed by atoms with Crippen LogP contribution in [0.5, 0.6) is 0 Å². The minimum absolute atomic E-state index is 0.237. The fourth-order valence-electron chi connectivity index (χ4n) is 2.59. The van der Waals surface area contributed by atoms with E-state index in [1.165, 1.54) is 17.3 Å². The van der Waals surface area contributed by atoms with Gasteiger partial charge in [0.2, 0.25) is 0 Å². The summed E-state index contributed by atoms with van der Waals surface area (Å²) in [4.78, 5) is 2.46. The van der Waals surface area contributed by atoms with Gasteiger partial charge in [0, 0.05) is 25.3 Å². The van der Waals surface area contributed by atoms with E-state index in [1.807, 2.05) is 12.1 Å². The van der Waals surface area contributed by atoms with Crippen molar-refractivity contribution in [2.75, 3.05) is 24.5 Å². The number of para-hydroxylation sites is 1. The molecule has 0 fully saturated rings. The maximum atomic E-state index is 13.1. The number of nitrogens with one attached hydrogen (secondary N) is 1. The van der Waals surface area contributed by atoms with Crippen LogP contribution in [0.25, 0.3) is 0 Å². The third-order valence-corrected chi connectivity index (χ3v) is 4.85. The van der Waals surface area contributed by atoms with Gasteiger partial charge in [-0.2, -0.15) is 0 Å². The molecule has 1 N–H and O–H groups in total. The van der Waals surface area contributed by atoms with E-state index in [9.17, 15) is 13.0 Å². The minimum Gasteiger partial charge on any atom is -0.370 e. The predicted octanol–water partition coefficient (Wildman–Crippen LogP) is 2.64. The molecule has 1 unspecified atom stereocenters. The minimum atomic E-state index is -1.54. The molecule has 1 atom stereocenters. The summed E-state index contributed by atoms with van der Waals surface area (Å²) in [6.07, 6.45) is 1.02. The molecule has 3 nitrogen and oxygen atoms in total. The van der Waals surface area contributed by atoms with Crippen molar-refractivity contribution in [3.05, 3.63) is 59.7 Å². The van der Waals surface area contributed by atoms with E-state index in [0.29, 0.717) is 13.1 Å². The number of benzene rings is 2. The van der Waals surface area contributed by atoms with E-state index in [-0.39, 0.29) is 4.90 Å². The SMILES string of the molecule is O=S(NCCN1CCc2ccccc21)c1ccc(F)c(F)c1. The lowest BCUT2D eigenvalue weighted by Crippen LogP contribution is -2.31. The molecule has 6 heteroatoms.